The lowest BCUT2D eigenvalue weighted by Gasteiger charge is -2.34. The van der Waals surface area contributed by atoms with E-state index in [9.17, 15) is 27.4 Å². The standard InChI is InChI=1S/C61H72N4O12S3/c1-39(2)58(66)57(80(69,70)71)18-25-78-79-61(4,5)38-63(19-20-74-23-24-75-22-21-72-6)47-28-41(36-76-54-32-43-16-17-46-30-44-12-8-10-14-52(44)64(46)59(67)49(43)26-40(54)3)27-42(29-47)37-77-56-34-51-50(33-55(56)73-7)60(68)65-48(35-62-51)31-45-13-9-11-15-53(45)65/h8-15,26-29,32-35,39,46,48,57H,16-25,30-31,36-38H2,1-7H3,(H,69,70,71)/t46-,48+,57?/m1/s1. The molecular formula is C61H72N4O12S3. The molecule has 2 amide bonds. The number of rotatable bonds is 27. The monoisotopic (exact) mass is 1150 g/mol. The lowest BCUT2D eigenvalue weighted by molar-refractivity contribution is -0.121. The number of amides is 2. The topological polar surface area (TPSA) is 183 Å². The molecule has 0 radical (unpaired) electrons. The number of carbonyl (C=O) groups excluding carboxylic acids is 3. The summed E-state index contributed by atoms with van der Waals surface area (Å²) in [6.45, 7) is 12.8. The maximum Gasteiger partial charge on any atom is 0.275 e. The van der Waals surface area contributed by atoms with Gasteiger partial charge in [-0.3, -0.25) is 28.8 Å². The van der Waals surface area contributed by atoms with Crippen molar-refractivity contribution in [3.8, 4) is 17.2 Å². The summed E-state index contributed by atoms with van der Waals surface area (Å²) in [6.07, 6.45) is 4.89. The maximum atomic E-state index is 14.3. The number of ketones is 1. The van der Waals surface area contributed by atoms with Crippen molar-refractivity contribution in [3.05, 3.63) is 136 Å². The van der Waals surface area contributed by atoms with Crippen LogP contribution in [0.2, 0.25) is 0 Å². The van der Waals surface area contributed by atoms with E-state index in [-0.39, 0.29) is 43.5 Å². The molecule has 0 saturated carbocycles. The second-order valence-corrected chi connectivity index (χ2v) is 26.3. The van der Waals surface area contributed by atoms with Gasteiger partial charge in [-0.15, -0.1) is 0 Å². The summed E-state index contributed by atoms with van der Waals surface area (Å²) in [5.74, 6) is 0.609. The van der Waals surface area contributed by atoms with Crippen LogP contribution in [-0.4, -0.2) is 125 Å². The third-order valence-corrected chi connectivity index (χ3v) is 19.4. The van der Waals surface area contributed by atoms with Gasteiger partial charge in [0.2, 0.25) is 0 Å². The van der Waals surface area contributed by atoms with Crippen LogP contribution in [0.3, 0.4) is 0 Å². The minimum absolute atomic E-state index is 0.0146. The van der Waals surface area contributed by atoms with Crippen LogP contribution in [0, 0.1) is 12.8 Å². The van der Waals surface area contributed by atoms with Crippen LogP contribution in [0.1, 0.15) is 94.6 Å². The molecular weight excluding hydrogens is 1080 g/mol. The third kappa shape index (κ3) is 13.7. The normalized spacial score (nSPS) is 16.8. The van der Waals surface area contributed by atoms with Crippen LogP contribution in [0.5, 0.6) is 17.2 Å². The van der Waals surface area contributed by atoms with Crippen molar-refractivity contribution >= 4 is 78.3 Å². The molecule has 5 aromatic carbocycles. The number of nitrogens with zero attached hydrogens (tertiary/aromatic N) is 4. The molecule has 5 aromatic rings. The van der Waals surface area contributed by atoms with Gasteiger partial charge >= 0.3 is 0 Å². The van der Waals surface area contributed by atoms with E-state index < -0.39 is 31.8 Å². The van der Waals surface area contributed by atoms with Crippen LogP contribution in [0.25, 0.3) is 0 Å². The van der Waals surface area contributed by atoms with Crippen LogP contribution >= 0.6 is 21.6 Å². The van der Waals surface area contributed by atoms with E-state index in [0.29, 0.717) is 92.4 Å². The van der Waals surface area contributed by atoms with Gasteiger partial charge in [-0.05, 0) is 128 Å². The average molecular weight is 1150 g/mol. The molecule has 3 atom stereocenters. The molecule has 0 fully saturated rings. The van der Waals surface area contributed by atoms with E-state index in [2.05, 4.69) is 36.9 Å². The summed E-state index contributed by atoms with van der Waals surface area (Å²) in [6, 6.07) is 29.6. The molecule has 4 aliphatic heterocycles. The zero-order chi connectivity index (χ0) is 56.7. The highest BCUT2D eigenvalue weighted by Crippen LogP contribution is 2.43. The Hall–Kier alpha value is -5.93. The minimum Gasteiger partial charge on any atom is -0.493 e. The number of aryl methyl sites for hydroxylation is 2. The molecule has 4 heterocycles. The molecule has 9 rings (SSSR count). The maximum absolute atomic E-state index is 14.3. The molecule has 0 aliphatic carbocycles. The first kappa shape index (κ1) is 58.7. The zero-order valence-electron chi connectivity index (χ0n) is 46.6. The molecule has 1 N–H and O–H groups in total. The average Bonchev–Trinajstić information content (AvgIpc) is 3.99. The van der Waals surface area contributed by atoms with E-state index in [0.717, 1.165) is 64.1 Å². The quantitative estimate of drug-likeness (QED) is 0.0297. The molecule has 0 spiro atoms. The van der Waals surface area contributed by atoms with Crippen LogP contribution in [-0.2, 0) is 61.6 Å². The van der Waals surface area contributed by atoms with Gasteiger partial charge in [0.25, 0.3) is 21.9 Å². The molecule has 426 valence electrons. The van der Waals surface area contributed by atoms with Crippen molar-refractivity contribution in [3.63, 3.8) is 0 Å². The number of methoxy groups -OCH3 is 2. The van der Waals surface area contributed by atoms with E-state index in [1.165, 1.54) is 16.4 Å². The van der Waals surface area contributed by atoms with E-state index in [4.69, 9.17) is 33.4 Å². The minimum atomic E-state index is -4.57. The van der Waals surface area contributed by atoms with Crippen molar-refractivity contribution < 1.29 is 55.8 Å². The highest BCUT2D eigenvalue weighted by Gasteiger charge is 2.39. The number of ether oxygens (including phenoxy) is 6. The zero-order valence-corrected chi connectivity index (χ0v) is 49.1. The van der Waals surface area contributed by atoms with Gasteiger partial charge < -0.3 is 38.2 Å². The van der Waals surface area contributed by atoms with Gasteiger partial charge in [-0.1, -0.05) is 71.8 Å². The van der Waals surface area contributed by atoms with Gasteiger partial charge in [-0.25, -0.2) is 0 Å². The van der Waals surface area contributed by atoms with E-state index in [1.54, 1.807) is 55.9 Å². The second-order valence-electron chi connectivity index (χ2n) is 21.6. The fraction of sp³-hybridized carbons (Fsp3) is 0.443. The lowest BCUT2D eigenvalue weighted by atomic mass is 9.98. The Balaban J connectivity index is 0.996. The molecule has 1 unspecified atom stereocenters. The smallest absolute Gasteiger partial charge is 0.275 e. The van der Waals surface area contributed by atoms with Crippen LogP contribution in [0.15, 0.2) is 96.0 Å². The lowest BCUT2D eigenvalue weighted by Crippen LogP contribution is -2.39. The molecule has 16 nitrogen and oxygen atoms in total. The van der Waals surface area contributed by atoms with Crippen LogP contribution in [0.4, 0.5) is 22.7 Å². The number of para-hydroxylation sites is 2. The van der Waals surface area contributed by atoms with Crippen molar-refractivity contribution in [2.75, 3.05) is 80.8 Å². The summed E-state index contributed by atoms with van der Waals surface area (Å²) < 4.78 is 70.3. The number of anilines is 3. The summed E-state index contributed by atoms with van der Waals surface area (Å²) in [5, 5.41) is -1.48. The first-order valence-corrected chi connectivity index (χ1v) is 31.1. The number of benzene rings is 5. The largest absolute Gasteiger partial charge is 0.493 e. The first-order chi connectivity index (χ1) is 38.4. The Morgan fingerprint density at radius 3 is 2.12 bits per heavy atom. The predicted molar refractivity (Wildman–Crippen MR) is 317 cm³/mol. The molecule has 0 aromatic heterocycles. The number of hydrogen-bond acceptors (Lipinski definition) is 15. The number of Topliss-reactive ketones (excluding diaryl/α,β-unsaturated/α-hetero) is 1. The van der Waals surface area contributed by atoms with Crippen molar-refractivity contribution in [2.45, 2.75) is 102 Å². The van der Waals surface area contributed by atoms with Gasteiger partial charge in [0.05, 0.1) is 57.4 Å². The highest BCUT2D eigenvalue weighted by atomic mass is 33.1. The van der Waals surface area contributed by atoms with Crippen molar-refractivity contribution in [1.82, 2.24) is 0 Å². The molecule has 0 bridgehead atoms. The molecule has 19 heteroatoms. The SMILES string of the molecule is COCCOCCOCCN(CC(C)(C)SSCCC(C(=O)C(C)C)S(=O)(=O)O)c1cc(COc2cc3c(cc2C)C(=O)N2c4ccccc4C[C@H]2CC3)cc(COc2cc3c(cc2OC)C(=O)N2c4ccccc4C[C@H]2C=N3)c1. The summed E-state index contributed by atoms with van der Waals surface area (Å²) >= 11 is 0. The predicted octanol–water partition coefficient (Wildman–Crippen LogP) is 10.5. The molecule has 4 aliphatic rings. The van der Waals surface area contributed by atoms with Gasteiger partial charge in [0.1, 0.15) is 24.2 Å². The van der Waals surface area contributed by atoms with Gasteiger partial charge in [0.15, 0.2) is 17.3 Å². The number of hydrogen-bond donors (Lipinski definition) is 1. The summed E-state index contributed by atoms with van der Waals surface area (Å²) in [5.41, 5.74) is 10.1. The summed E-state index contributed by atoms with van der Waals surface area (Å²) in [7, 11) is 1.63. The van der Waals surface area contributed by atoms with Crippen LogP contribution < -0.4 is 28.9 Å². The molecule has 0 saturated heterocycles. The fourth-order valence-electron chi connectivity index (χ4n) is 10.9. The summed E-state index contributed by atoms with van der Waals surface area (Å²) in [4.78, 5) is 52.2. The van der Waals surface area contributed by atoms with Gasteiger partial charge in [0, 0.05) is 84.0 Å². The number of fused-ring (bicyclic) bond motifs is 8. The second kappa shape index (κ2) is 25.9. The Morgan fingerprint density at radius 1 is 0.787 bits per heavy atom. The molecule has 80 heavy (non-hydrogen) atoms. The Labute approximate surface area is 478 Å². The third-order valence-electron chi connectivity index (χ3n) is 14.9. The van der Waals surface area contributed by atoms with E-state index >= 15 is 0 Å². The first-order valence-electron chi connectivity index (χ1n) is 27.2. The Morgan fingerprint density at radius 2 is 1.44 bits per heavy atom. The Bertz CT molecular complexity index is 3220. The highest BCUT2D eigenvalue weighted by molar-refractivity contribution is 8.77. The van der Waals surface area contributed by atoms with Gasteiger partial charge in [-0.2, -0.15) is 8.42 Å². The number of aliphatic imine (C=N–C) groups is 1. The fourth-order valence-corrected chi connectivity index (χ4v) is 14.6. The van der Waals surface area contributed by atoms with Crippen molar-refractivity contribution in [1.29, 1.82) is 0 Å². The number of carbonyl (C=O) groups is 3. The van der Waals surface area contributed by atoms with Crippen molar-refractivity contribution in [2.24, 2.45) is 10.9 Å². The Kier molecular flexibility index (Phi) is 19.0. The van der Waals surface area contributed by atoms with E-state index in [1.807, 2.05) is 78.7 Å².